The highest BCUT2D eigenvalue weighted by atomic mass is 32.1. The van der Waals surface area contributed by atoms with E-state index in [0.29, 0.717) is 41.0 Å². The monoisotopic (exact) mass is 462 g/mol. The number of nitrogens with one attached hydrogen (secondary N) is 2. The van der Waals surface area contributed by atoms with Crippen molar-refractivity contribution in [2.45, 2.75) is 20.1 Å². The number of hydrogen-bond donors (Lipinski definition) is 2. The second-order valence-corrected chi connectivity index (χ2v) is 7.81. The molecule has 0 bridgehead atoms. The van der Waals surface area contributed by atoms with Crippen LogP contribution in [0.15, 0.2) is 66.7 Å². The first-order valence-electron chi connectivity index (χ1n) is 10.5. The van der Waals surface area contributed by atoms with E-state index in [9.17, 15) is 0 Å². The number of para-hydroxylation sites is 1. The number of rotatable bonds is 9. The Morgan fingerprint density at radius 2 is 1.70 bits per heavy atom. The minimum absolute atomic E-state index is 0.459. The van der Waals surface area contributed by atoms with Crippen LogP contribution in [0.1, 0.15) is 16.7 Å². The molecule has 0 aliphatic heterocycles. The first kappa shape index (κ1) is 22.4. The number of hydrogen-bond acceptors (Lipinski definition) is 6. The Hall–Kier alpha value is -3.78. The van der Waals surface area contributed by atoms with Gasteiger partial charge in [-0.3, -0.25) is 0 Å². The molecule has 0 radical (unpaired) electrons. The summed E-state index contributed by atoms with van der Waals surface area (Å²) in [6, 6.07) is 21.7. The zero-order chi connectivity index (χ0) is 23.2. The van der Waals surface area contributed by atoms with Gasteiger partial charge in [-0.15, -0.1) is 0 Å². The van der Waals surface area contributed by atoms with Gasteiger partial charge in [0.25, 0.3) is 0 Å². The van der Waals surface area contributed by atoms with Gasteiger partial charge in [0.05, 0.1) is 26.3 Å². The Bertz CT molecular complexity index is 1300. The molecule has 0 amide bonds. The molecule has 0 unspecified atom stereocenters. The third-order valence-corrected chi connectivity index (χ3v) is 5.61. The fourth-order valence-corrected chi connectivity index (χ4v) is 3.69. The minimum atomic E-state index is 0.459. The van der Waals surface area contributed by atoms with E-state index in [-0.39, 0.29) is 0 Å². The molecule has 1 heterocycles. The molecule has 0 aliphatic rings. The van der Waals surface area contributed by atoms with Crippen molar-refractivity contribution in [2.24, 2.45) is 0 Å². The van der Waals surface area contributed by atoms with Crippen molar-refractivity contribution in [3.63, 3.8) is 0 Å². The number of nitrogens with zero attached hydrogens (tertiary/aromatic N) is 2. The summed E-state index contributed by atoms with van der Waals surface area (Å²) in [7, 11) is 3.27. The largest absolute Gasteiger partial charge is 0.496 e. The number of aryl methyl sites for hydroxylation is 1. The van der Waals surface area contributed by atoms with E-state index in [1.54, 1.807) is 18.9 Å². The molecule has 8 heteroatoms. The van der Waals surface area contributed by atoms with Crippen LogP contribution in [0.5, 0.6) is 17.2 Å². The molecule has 0 saturated carbocycles. The highest BCUT2D eigenvalue weighted by molar-refractivity contribution is 7.71. The van der Waals surface area contributed by atoms with Gasteiger partial charge in [0.2, 0.25) is 4.77 Å². The first-order valence-corrected chi connectivity index (χ1v) is 10.9. The van der Waals surface area contributed by atoms with Gasteiger partial charge in [-0.05, 0) is 60.1 Å². The van der Waals surface area contributed by atoms with E-state index in [2.05, 4.69) is 34.7 Å². The smallest absolute Gasteiger partial charge is 0.214 e. The Kier molecular flexibility index (Phi) is 6.95. The fraction of sp³-hybridized carbons (Fsp3) is 0.200. The Morgan fingerprint density at radius 3 is 2.48 bits per heavy atom. The van der Waals surface area contributed by atoms with Crippen LogP contribution in [0.25, 0.3) is 11.4 Å². The number of benzene rings is 3. The molecule has 1 aromatic heterocycles. The highest BCUT2D eigenvalue weighted by Crippen LogP contribution is 2.30. The lowest BCUT2D eigenvalue weighted by Gasteiger charge is -2.15. The molecule has 4 aromatic rings. The number of ether oxygens (including phenoxy) is 3. The molecule has 2 N–H and O–H groups in total. The summed E-state index contributed by atoms with van der Waals surface area (Å²) in [4.78, 5) is 0. The Morgan fingerprint density at radius 1 is 0.939 bits per heavy atom. The predicted molar refractivity (Wildman–Crippen MR) is 131 cm³/mol. The number of aromatic amines is 1. The summed E-state index contributed by atoms with van der Waals surface area (Å²) >= 11 is 5.43. The number of H-pyrrole nitrogens is 1. The van der Waals surface area contributed by atoms with E-state index in [0.717, 1.165) is 16.7 Å². The topological polar surface area (TPSA) is 73.3 Å². The van der Waals surface area contributed by atoms with Crippen molar-refractivity contribution in [1.82, 2.24) is 14.9 Å². The molecule has 0 saturated heterocycles. The lowest BCUT2D eigenvalue weighted by Crippen LogP contribution is -2.16. The average Bonchev–Trinajstić information content (AvgIpc) is 3.22. The molecular weight excluding hydrogens is 436 g/mol. The standard InChI is InChI=1S/C25H26N4O3S/c1-17-8-4-5-9-19(17)16-32-22-13-12-18(14-23(22)31-3)15-26-29-24(27-28-25(29)33)20-10-6-7-11-21(20)30-2/h4-14,26H,15-16H2,1-3H3,(H,28,33). The third-order valence-electron chi connectivity index (χ3n) is 5.33. The summed E-state index contributed by atoms with van der Waals surface area (Å²) in [6.45, 7) is 3.06. The first-order chi connectivity index (χ1) is 16.1. The highest BCUT2D eigenvalue weighted by Gasteiger charge is 2.14. The maximum absolute atomic E-state index is 6.03. The van der Waals surface area contributed by atoms with Crippen LogP contribution >= 0.6 is 12.2 Å². The summed E-state index contributed by atoms with van der Waals surface area (Å²) in [6.07, 6.45) is 0. The van der Waals surface area contributed by atoms with Crippen molar-refractivity contribution in [3.8, 4) is 28.6 Å². The minimum Gasteiger partial charge on any atom is -0.496 e. The second-order valence-electron chi connectivity index (χ2n) is 7.42. The van der Waals surface area contributed by atoms with Gasteiger partial charge < -0.3 is 19.6 Å². The maximum Gasteiger partial charge on any atom is 0.214 e. The number of methoxy groups -OCH3 is 2. The lowest BCUT2D eigenvalue weighted by atomic mass is 10.1. The normalized spacial score (nSPS) is 10.6. The zero-order valence-electron chi connectivity index (χ0n) is 18.8. The summed E-state index contributed by atoms with van der Waals surface area (Å²) in [5.41, 5.74) is 7.50. The van der Waals surface area contributed by atoms with Gasteiger partial charge in [-0.2, -0.15) is 5.10 Å². The van der Waals surface area contributed by atoms with Gasteiger partial charge in [0.15, 0.2) is 17.3 Å². The zero-order valence-corrected chi connectivity index (χ0v) is 19.6. The van der Waals surface area contributed by atoms with E-state index >= 15 is 0 Å². The SMILES string of the molecule is COc1cc(CNn2c(-c3ccccc3OC)n[nH]c2=S)ccc1OCc1ccccc1C. The summed E-state index contributed by atoms with van der Waals surface area (Å²) in [5, 5.41) is 7.22. The molecule has 7 nitrogen and oxygen atoms in total. The molecule has 3 aromatic carbocycles. The maximum atomic E-state index is 6.03. The second kappa shape index (κ2) is 10.2. The van der Waals surface area contributed by atoms with Gasteiger partial charge >= 0.3 is 0 Å². The quantitative estimate of drug-likeness (QED) is 0.331. The van der Waals surface area contributed by atoms with Crippen LogP contribution in [-0.4, -0.2) is 29.1 Å². The van der Waals surface area contributed by atoms with Crippen LogP contribution < -0.4 is 19.6 Å². The fourth-order valence-electron chi connectivity index (χ4n) is 3.49. The van der Waals surface area contributed by atoms with E-state index in [1.165, 1.54) is 5.56 Å². The molecular formula is C25H26N4O3S. The summed E-state index contributed by atoms with van der Waals surface area (Å²) < 4.78 is 19.3. The van der Waals surface area contributed by atoms with Crippen LogP contribution in [0.4, 0.5) is 0 Å². The van der Waals surface area contributed by atoms with E-state index in [1.807, 2.05) is 54.6 Å². The van der Waals surface area contributed by atoms with Crippen LogP contribution in [0, 0.1) is 11.7 Å². The predicted octanol–water partition coefficient (Wildman–Crippen LogP) is 5.26. The van der Waals surface area contributed by atoms with Gasteiger partial charge in [0, 0.05) is 0 Å². The molecule has 33 heavy (non-hydrogen) atoms. The van der Waals surface area contributed by atoms with E-state index in [4.69, 9.17) is 26.4 Å². The van der Waals surface area contributed by atoms with Crippen molar-refractivity contribution in [3.05, 3.63) is 88.2 Å². The van der Waals surface area contributed by atoms with Crippen LogP contribution in [0.2, 0.25) is 0 Å². The molecule has 0 atom stereocenters. The van der Waals surface area contributed by atoms with Crippen molar-refractivity contribution in [1.29, 1.82) is 0 Å². The van der Waals surface area contributed by atoms with Crippen LogP contribution in [-0.2, 0) is 13.2 Å². The number of aromatic nitrogens is 3. The molecule has 0 fully saturated rings. The Labute approximate surface area is 197 Å². The lowest BCUT2D eigenvalue weighted by molar-refractivity contribution is 0.283. The van der Waals surface area contributed by atoms with Crippen molar-refractivity contribution >= 4 is 12.2 Å². The molecule has 4 rings (SSSR count). The van der Waals surface area contributed by atoms with E-state index < -0.39 is 0 Å². The molecule has 0 spiro atoms. The Balaban J connectivity index is 1.50. The molecule has 0 aliphatic carbocycles. The van der Waals surface area contributed by atoms with Gasteiger partial charge in [-0.25, -0.2) is 9.77 Å². The van der Waals surface area contributed by atoms with Crippen LogP contribution in [0.3, 0.4) is 0 Å². The molecule has 170 valence electrons. The summed E-state index contributed by atoms with van der Waals surface area (Å²) in [5.74, 6) is 2.72. The van der Waals surface area contributed by atoms with Gasteiger partial charge in [-0.1, -0.05) is 42.5 Å². The van der Waals surface area contributed by atoms with Crippen molar-refractivity contribution < 1.29 is 14.2 Å². The van der Waals surface area contributed by atoms with Crippen molar-refractivity contribution in [2.75, 3.05) is 19.6 Å². The average molecular weight is 463 g/mol. The third kappa shape index (κ3) is 5.01. The van der Waals surface area contributed by atoms with Gasteiger partial charge in [0.1, 0.15) is 12.4 Å².